The van der Waals surface area contributed by atoms with Gasteiger partial charge in [0.15, 0.2) is 6.17 Å². The van der Waals surface area contributed by atoms with Gasteiger partial charge in [0.2, 0.25) is 23.6 Å². The summed E-state index contributed by atoms with van der Waals surface area (Å²) >= 11 is 0. The third-order valence-electron chi connectivity index (χ3n) is 14.6. The molecule has 19 heteroatoms. The molecule has 1 saturated heterocycles. The minimum atomic E-state index is -1.60. The summed E-state index contributed by atoms with van der Waals surface area (Å²) in [6.07, 6.45) is 6.12. The van der Waals surface area contributed by atoms with E-state index in [0.29, 0.717) is 56.2 Å². The monoisotopic (exact) mass is 973 g/mol. The Morgan fingerprint density at radius 1 is 0.714 bits per heavy atom. The summed E-state index contributed by atoms with van der Waals surface area (Å²) < 4.78 is 12.7. The lowest BCUT2D eigenvalue weighted by molar-refractivity contribution is -0.199. The van der Waals surface area contributed by atoms with Crippen molar-refractivity contribution in [2.24, 2.45) is 46.1 Å². The van der Waals surface area contributed by atoms with Gasteiger partial charge in [-0.25, -0.2) is 0 Å². The fourth-order valence-corrected chi connectivity index (χ4v) is 10.2. The molecule has 14 N–H and O–H groups in total. The van der Waals surface area contributed by atoms with Crippen LogP contribution in [0.15, 0.2) is 48.5 Å². The van der Waals surface area contributed by atoms with Crippen LogP contribution < -0.4 is 54.8 Å². The lowest BCUT2D eigenvalue weighted by atomic mass is 9.43. The highest BCUT2D eigenvalue weighted by atomic mass is 16.7. The van der Waals surface area contributed by atoms with E-state index in [1.807, 2.05) is 26.0 Å². The molecule has 0 aromatic heterocycles. The van der Waals surface area contributed by atoms with Gasteiger partial charge in [-0.3, -0.25) is 28.8 Å². The van der Waals surface area contributed by atoms with Crippen molar-refractivity contribution in [1.29, 1.82) is 0 Å². The summed E-state index contributed by atoms with van der Waals surface area (Å²) in [5, 5.41) is 16.2. The third kappa shape index (κ3) is 14.8. The SMILES string of the molecule is CCCCc1ccc(-c2ccc(C(=O)NCCC(=O)N[C@@H](CCCCN)C(=O)N[C@@H](CCCCN)C(=O)N[C@@H](N)C(=O)N[C@@H](CC(C)C)C(=O)N[C@@H](N)B3OC4C[C@@H]5C[C@@H](C5(C)C)[C@]4(C)O3)cc2)cc1. The molecule has 3 saturated carbocycles. The van der Waals surface area contributed by atoms with E-state index in [9.17, 15) is 28.8 Å². The molecule has 6 rings (SSSR count). The highest BCUT2D eigenvalue weighted by Crippen LogP contribution is 2.65. The third-order valence-corrected chi connectivity index (χ3v) is 14.6. The van der Waals surface area contributed by atoms with Crippen molar-refractivity contribution < 1.29 is 38.1 Å². The fraction of sp³-hybridized carbons (Fsp3) is 0.647. The van der Waals surface area contributed by atoms with E-state index < -0.39 is 72.6 Å². The second-order valence-corrected chi connectivity index (χ2v) is 20.7. The number of carbonyl (C=O) groups excluding carboxylic acids is 6. The van der Waals surface area contributed by atoms with E-state index in [-0.39, 0.29) is 55.6 Å². The Morgan fingerprint density at radius 2 is 1.29 bits per heavy atom. The number of aryl methyl sites for hydroxylation is 1. The molecule has 1 aliphatic heterocycles. The molecule has 6 amide bonds. The number of hydrogen-bond acceptors (Lipinski definition) is 12. The van der Waals surface area contributed by atoms with Gasteiger partial charge in [-0.15, -0.1) is 0 Å². The molecular formula is C51H81BN10O8. The normalized spacial score (nSPS) is 22.0. The molecule has 1 heterocycles. The molecule has 2 aromatic carbocycles. The van der Waals surface area contributed by atoms with Crippen molar-refractivity contribution in [3.05, 3.63) is 59.7 Å². The number of rotatable bonds is 28. The standard InChI is InChI=1S/C51H81BN10O8/c1-7-8-13-32-16-18-33(19-17-32)34-20-22-35(23-21-34)44(64)57-27-24-42(63)58-37(14-9-11-25-53)45(65)59-38(15-10-12-26-54)46(66)61-43(55)48(68)60-39(28-31(2)3)47(67)62-49(56)52-69-41-30-36-29-40(50(36,4)5)51(41,6)70-52/h16-23,31,36-41,43,49H,7-15,24-30,53-56H2,1-6H3,(H,57,64)(H,58,63)(H,59,65)(H,60,68)(H,61,66)(H,62,67)/t36-,37-,38-,39-,40-,41?,43+,49+,51-/m0/s1. The van der Waals surface area contributed by atoms with Gasteiger partial charge < -0.3 is 64.1 Å². The smallest absolute Gasteiger partial charge is 0.403 e. The molecule has 4 fully saturated rings. The summed E-state index contributed by atoms with van der Waals surface area (Å²) in [6.45, 7) is 13.3. The molecule has 386 valence electrons. The molecule has 1 unspecified atom stereocenters. The van der Waals surface area contributed by atoms with Gasteiger partial charge in [-0.1, -0.05) is 77.4 Å². The van der Waals surface area contributed by atoms with E-state index in [2.05, 4.69) is 83.9 Å². The molecular weight excluding hydrogens is 891 g/mol. The summed E-state index contributed by atoms with van der Waals surface area (Å²) in [5.74, 6) is -2.77. The Balaban J connectivity index is 1.13. The summed E-state index contributed by atoms with van der Waals surface area (Å²) in [4.78, 5) is 81.0. The van der Waals surface area contributed by atoms with E-state index in [1.165, 1.54) is 5.56 Å². The van der Waals surface area contributed by atoms with E-state index in [1.54, 1.807) is 12.1 Å². The van der Waals surface area contributed by atoms with Gasteiger partial charge in [-0.05, 0) is 143 Å². The Kier molecular flexibility index (Phi) is 20.8. The van der Waals surface area contributed by atoms with Gasteiger partial charge in [0, 0.05) is 18.5 Å². The Morgan fingerprint density at radius 3 is 1.87 bits per heavy atom. The second kappa shape index (κ2) is 26.0. The van der Waals surface area contributed by atoms with Gasteiger partial charge in [0.25, 0.3) is 11.8 Å². The van der Waals surface area contributed by atoms with Crippen LogP contribution in [-0.4, -0.2) is 104 Å². The first kappa shape index (κ1) is 56.0. The maximum Gasteiger partial charge on any atom is 0.497 e. The molecule has 2 bridgehead atoms. The van der Waals surface area contributed by atoms with Crippen LogP contribution in [0.4, 0.5) is 0 Å². The fourth-order valence-electron chi connectivity index (χ4n) is 10.2. The Hall–Kier alpha value is -4.92. The van der Waals surface area contributed by atoms with Crippen LogP contribution in [0.2, 0.25) is 0 Å². The molecule has 0 spiro atoms. The van der Waals surface area contributed by atoms with Gasteiger partial charge in [0.05, 0.1) is 11.7 Å². The lowest BCUT2D eigenvalue weighted by Gasteiger charge is -2.64. The average molecular weight is 973 g/mol. The van der Waals surface area contributed by atoms with E-state index in [4.69, 9.17) is 32.2 Å². The summed E-state index contributed by atoms with van der Waals surface area (Å²) in [7, 11) is -0.877. The topological polar surface area (TPSA) is 297 Å². The minimum absolute atomic E-state index is 0.0158. The predicted molar refractivity (Wildman–Crippen MR) is 271 cm³/mol. The first-order chi connectivity index (χ1) is 33.3. The van der Waals surface area contributed by atoms with Crippen molar-refractivity contribution in [3.8, 4) is 11.1 Å². The largest absolute Gasteiger partial charge is 0.497 e. The number of nitrogens with one attached hydrogen (secondary N) is 6. The number of hydrogen-bond donors (Lipinski definition) is 10. The number of amides is 6. The van der Waals surface area contributed by atoms with Crippen LogP contribution in [0.5, 0.6) is 0 Å². The van der Waals surface area contributed by atoms with Gasteiger partial charge >= 0.3 is 7.12 Å². The summed E-state index contributed by atoms with van der Waals surface area (Å²) in [6, 6.07) is 11.4. The number of benzene rings is 2. The van der Waals surface area contributed by atoms with Gasteiger partial charge in [0.1, 0.15) is 24.2 Å². The number of nitrogens with two attached hydrogens (primary N) is 4. The van der Waals surface area contributed by atoms with Crippen LogP contribution in [-0.2, 0) is 39.7 Å². The van der Waals surface area contributed by atoms with Crippen molar-refractivity contribution in [3.63, 3.8) is 0 Å². The number of unbranched alkanes of at least 4 members (excludes halogenated alkanes) is 3. The van der Waals surface area contributed by atoms with Crippen molar-refractivity contribution in [2.45, 2.75) is 167 Å². The zero-order valence-electron chi connectivity index (χ0n) is 42.3. The quantitative estimate of drug-likeness (QED) is 0.0335. The molecule has 4 aliphatic rings. The van der Waals surface area contributed by atoms with Gasteiger partial charge in [-0.2, -0.15) is 0 Å². The molecule has 9 atom stereocenters. The van der Waals surface area contributed by atoms with E-state index >= 15 is 0 Å². The predicted octanol–water partition coefficient (Wildman–Crippen LogP) is 2.64. The van der Waals surface area contributed by atoms with Crippen LogP contribution in [0.25, 0.3) is 11.1 Å². The average Bonchev–Trinajstić information content (AvgIpc) is 3.70. The van der Waals surface area contributed by atoms with Crippen molar-refractivity contribution in [2.75, 3.05) is 19.6 Å². The zero-order chi connectivity index (χ0) is 51.2. The lowest BCUT2D eigenvalue weighted by Crippen LogP contribution is -2.65. The van der Waals surface area contributed by atoms with Crippen molar-refractivity contribution in [1.82, 2.24) is 31.9 Å². The maximum absolute atomic E-state index is 13.8. The van der Waals surface area contributed by atoms with Crippen LogP contribution in [0, 0.1) is 23.2 Å². The van der Waals surface area contributed by atoms with Crippen LogP contribution in [0.1, 0.15) is 135 Å². The summed E-state index contributed by atoms with van der Waals surface area (Å²) in [5.41, 5.74) is 27.5. The minimum Gasteiger partial charge on any atom is -0.403 e. The molecule has 3 aliphatic carbocycles. The zero-order valence-corrected chi connectivity index (χ0v) is 42.3. The van der Waals surface area contributed by atoms with Crippen molar-refractivity contribution >= 4 is 42.6 Å². The Bertz CT molecular complexity index is 2080. The second-order valence-electron chi connectivity index (χ2n) is 20.7. The molecule has 2 aromatic rings. The van der Waals surface area contributed by atoms with Crippen LogP contribution in [0.3, 0.4) is 0 Å². The first-order valence-electron chi connectivity index (χ1n) is 25.5. The molecule has 18 nitrogen and oxygen atoms in total. The van der Waals surface area contributed by atoms with E-state index in [0.717, 1.165) is 43.2 Å². The molecule has 70 heavy (non-hydrogen) atoms. The highest BCUT2D eigenvalue weighted by molar-refractivity contribution is 6.47. The number of carbonyl (C=O) groups is 6. The highest BCUT2D eigenvalue weighted by Gasteiger charge is 2.68. The maximum atomic E-state index is 13.8. The first-order valence-corrected chi connectivity index (χ1v) is 25.5. The van der Waals surface area contributed by atoms with Crippen LogP contribution >= 0.6 is 0 Å². The molecule has 0 radical (unpaired) electrons. The Labute approximate surface area is 414 Å².